The van der Waals surface area contributed by atoms with Crippen LogP contribution in [0.25, 0.3) is 10.9 Å². The molecule has 0 spiro atoms. The number of hydrogen-bond donors (Lipinski definition) is 2. The number of nitrogens with one attached hydrogen (secondary N) is 2. The van der Waals surface area contributed by atoms with Gasteiger partial charge in [0.1, 0.15) is 0 Å². The molecule has 1 aliphatic rings. The highest BCUT2D eigenvalue weighted by molar-refractivity contribution is 6.02. The molecule has 0 atom stereocenters. The third-order valence-corrected chi connectivity index (χ3v) is 4.17. The molecular formula is C19H19N5O2. The van der Waals surface area contributed by atoms with Crippen LogP contribution in [0.1, 0.15) is 25.7 Å². The summed E-state index contributed by atoms with van der Waals surface area (Å²) in [7, 11) is 0. The summed E-state index contributed by atoms with van der Waals surface area (Å²) in [6, 6.07) is 9.19. The standard InChI is InChI=1S/C19H19N5O2/c1-2-3-10-19(23-24-19)11-9-17(25)21-13-18(26)22-16-8-4-7-15-14(16)6-5-12-20-15/h1,4-8,12H,3,9-11,13H2,(H,21,25)(H,22,26). The number of aromatic nitrogens is 1. The van der Waals surface area contributed by atoms with Crippen molar-refractivity contribution in [2.45, 2.75) is 31.3 Å². The zero-order valence-electron chi connectivity index (χ0n) is 14.2. The van der Waals surface area contributed by atoms with Crippen LogP contribution in [0.3, 0.4) is 0 Å². The highest BCUT2D eigenvalue weighted by atomic mass is 16.2. The van der Waals surface area contributed by atoms with Gasteiger partial charge in [-0.3, -0.25) is 14.6 Å². The Balaban J connectivity index is 1.45. The molecule has 2 amide bonds. The lowest BCUT2D eigenvalue weighted by atomic mass is 10.0. The van der Waals surface area contributed by atoms with Crippen LogP contribution in [0.15, 0.2) is 46.8 Å². The maximum atomic E-state index is 12.1. The van der Waals surface area contributed by atoms with Crippen molar-refractivity contribution < 1.29 is 9.59 Å². The average Bonchev–Trinajstić information content (AvgIpc) is 3.44. The molecular weight excluding hydrogens is 330 g/mol. The van der Waals surface area contributed by atoms with Gasteiger partial charge in [-0.25, -0.2) is 0 Å². The number of carbonyl (C=O) groups is 2. The maximum Gasteiger partial charge on any atom is 0.243 e. The van der Waals surface area contributed by atoms with Crippen LogP contribution in [0, 0.1) is 12.3 Å². The van der Waals surface area contributed by atoms with Gasteiger partial charge in [0.05, 0.1) is 17.7 Å². The summed E-state index contributed by atoms with van der Waals surface area (Å²) in [4.78, 5) is 28.3. The van der Waals surface area contributed by atoms with E-state index in [0.717, 1.165) is 10.9 Å². The molecule has 2 N–H and O–H groups in total. The highest BCUT2D eigenvalue weighted by Gasteiger charge is 2.39. The molecule has 1 aliphatic heterocycles. The van der Waals surface area contributed by atoms with Crippen molar-refractivity contribution in [2.75, 3.05) is 11.9 Å². The molecule has 0 radical (unpaired) electrons. The van der Waals surface area contributed by atoms with E-state index < -0.39 is 5.66 Å². The fourth-order valence-electron chi connectivity index (χ4n) is 2.66. The zero-order valence-corrected chi connectivity index (χ0v) is 14.2. The van der Waals surface area contributed by atoms with Crippen LogP contribution < -0.4 is 10.6 Å². The van der Waals surface area contributed by atoms with E-state index >= 15 is 0 Å². The lowest BCUT2D eigenvalue weighted by molar-refractivity contribution is -0.124. The van der Waals surface area contributed by atoms with Gasteiger partial charge in [-0.2, -0.15) is 10.2 Å². The van der Waals surface area contributed by atoms with E-state index in [4.69, 9.17) is 6.42 Å². The monoisotopic (exact) mass is 349 g/mol. The fraction of sp³-hybridized carbons (Fsp3) is 0.316. The van der Waals surface area contributed by atoms with Crippen molar-refractivity contribution in [2.24, 2.45) is 10.2 Å². The summed E-state index contributed by atoms with van der Waals surface area (Å²) in [5, 5.41) is 14.2. The van der Waals surface area contributed by atoms with Gasteiger partial charge >= 0.3 is 0 Å². The third-order valence-electron chi connectivity index (χ3n) is 4.17. The van der Waals surface area contributed by atoms with Gasteiger partial charge in [0, 0.05) is 37.3 Å². The molecule has 1 aromatic carbocycles. The average molecular weight is 349 g/mol. The van der Waals surface area contributed by atoms with E-state index in [1.54, 1.807) is 12.3 Å². The Morgan fingerprint density at radius 1 is 1.12 bits per heavy atom. The predicted molar refractivity (Wildman–Crippen MR) is 98.3 cm³/mol. The number of carbonyl (C=O) groups excluding carboxylic acids is 2. The minimum absolute atomic E-state index is 0.0961. The predicted octanol–water partition coefficient (Wildman–Crippen LogP) is 2.65. The van der Waals surface area contributed by atoms with E-state index in [1.165, 1.54) is 0 Å². The Kier molecular flexibility index (Phi) is 5.23. The lowest BCUT2D eigenvalue weighted by Crippen LogP contribution is -2.33. The molecule has 2 aromatic rings. The summed E-state index contributed by atoms with van der Waals surface area (Å²) in [5.41, 5.74) is 0.976. The van der Waals surface area contributed by atoms with Crippen LogP contribution in [0.5, 0.6) is 0 Å². The smallest absolute Gasteiger partial charge is 0.243 e. The van der Waals surface area contributed by atoms with Crippen LogP contribution in [-0.2, 0) is 9.59 Å². The number of hydrogen-bond acceptors (Lipinski definition) is 5. The first-order valence-corrected chi connectivity index (χ1v) is 8.40. The topological polar surface area (TPSA) is 95.8 Å². The van der Waals surface area contributed by atoms with Crippen molar-refractivity contribution in [3.63, 3.8) is 0 Å². The molecule has 0 bridgehead atoms. The Bertz CT molecular complexity index is 889. The van der Waals surface area contributed by atoms with E-state index in [1.807, 2.05) is 24.3 Å². The second-order valence-electron chi connectivity index (χ2n) is 6.09. The van der Waals surface area contributed by atoms with Crippen molar-refractivity contribution in [3.8, 4) is 12.3 Å². The normalized spacial score (nSPS) is 13.8. The van der Waals surface area contributed by atoms with Gasteiger partial charge in [-0.1, -0.05) is 6.07 Å². The number of pyridine rings is 1. The molecule has 132 valence electrons. The van der Waals surface area contributed by atoms with E-state index in [0.29, 0.717) is 24.9 Å². The summed E-state index contributed by atoms with van der Waals surface area (Å²) in [5.74, 6) is 2.04. The van der Waals surface area contributed by atoms with Gasteiger partial charge < -0.3 is 10.6 Å². The molecule has 3 rings (SSSR count). The number of anilines is 1. The summed E-state index contributed by atoms with van der Waals surface area (Å²) in [6.07, 6.45) is 8.94. The lowest BCUT2D eigenvalue weighted by Gasteiger charge is -2.10. The molecule has 26 heavy (non-hydrogen) atoms. The zero-order chi connectivity index (χ0) is 18.4. The minimum atomic E-state index is -0.484. The number of fused-ring (bicyclic) bond motifs is 1. The molecule has 0 fully saturated rings. The summed E-state index contributed by atoms with van der Waals surface area (Å²) < 4.78 is 0. The first kappa shape index (κ1) is 17.5. The number of rotatable bonds is 8. The molecule has 0 unspecified atom stereocenters. The van der Waals surface area contributed by atoms with Crippen LogP contribution >= 0.6 is 0 Å². The van der Waals surface area contributed by atoms with Crippen LogP contribution in [0.4, 0.5) is 5.69 Å². The van der Waals surface area contributed by atoms with Crippen molar-refractivity contribution in [3.05, 3.63) is 36.5 Å². The number of benzene rings is 1. The number of terminal acetylenes is 1. The first-order valence-electron chi connectivity index (χ1n) is 8.40. The van der Waals surface area contributed by atoms with Gasteiger partial charge in [0.2, 0.25) is 11.8 Å². The second kappa shape index (κ2) is 7.74. The Labute approximate surface area is 151 Å². The molecule has 0 saturated carbocycles. The van der Waals surface area contributed by atoms with E-state index in [9.17, 15) is 9.59 Å². The molecule has 1 aromatic heterocycles. The van der Waals surface area contributed by atoms with Crippen molar-refractivity contribution in [1.29, 1.82) is 0 Å². The Hall–Kier alpha value is -3.27. The summed E-state index contributed by atoms with van der Waals surface area (Å²) in [6.45, 7) is -0.0961. The highest BCUT2D eigenvalue weighted by Crippen LogP contribution is 2.37. The number of nitrogens with zero attached hydrogens (tertiary/aromatic N) is 3. The van der Waals surface area contributed by atoms with Gasteiger partial charge in [-0.05, 0) is 24.3 Å². The van der Waals surface area contributed by atoms with Gasteiger partial charge in [0.15, 0.2) is 5.66 Å². The van der Waals surface area contributed by atoms with Gasteiger partial charge in [-0.15, -0.1) is 12.3 Å². The molecule has 7 heteroatoms. The van der Waals surface area contributed by atoms with Crippen LogP contribution in [-0.4, -0.2) is 29.0 Å². The Morgan fingerprint density at radius 2 is 1.96 bits per heavy atom. The fourth-order valence-corrected chi connectivity index (χ4v) is 2.66. The summed E-state index contributed by atoms with van der Waals surface area (Å²) >= 11 is 0. The molecule has 0 aliphatic carbocycles. The van der Waals surface area contributed by atoms with Crippen LogP contribution in [0.2, 0.25) is 0 Å². The second-order valence-corrected chi connectivity index (χ2v) is 6.09. The quantitative estimate of drug-likeness (QED) is 0.717. The Morgan fingerprint density at radius 3 is 2.73 bits per heavy atom. The molecule has 0 saturated heterocycles. The van der Waals surface area contributed by atoms with Crippen molar-refractivity contribution >= 4 is 28.4 Å². The maximum absolute atomic E-state index is 12.1. The van der Waals surface area contributed by atoms with Crippen molar-refractivity contribution in [1.82, 2.24) is 10.3 Å². The van der Waals surface area contributed by atoms with Gasteiger partial charge in [0.25, 0.3) is 0 Å². The molecule has 2 heterocycles. The van der Waals surface area contributed by atoms with E-state index in [2.05, 4.69) is 31.8 Å². The molecule has 7 nitrogen and oxygen atoms in total. The SMILES string of the molecule is C#CCCC1(CCC(=O)NCC(=O)Nc2cccc3ncccc23)N=N1. The largest absolute Gasteiger partial charge is 0.347 e. The third kappa shape index (κ3) is 4.42. The first-order chi connectivity index (χ1) is 12.6. The minimum Gasteiger partial charge on any atom is -0.347 e. The van der Waals surface area contributed by atoms with E-state index in [-0.39, 0.29) is 24.8 Å². The number of amides is 2.